The van der Waals surface area contributed by atoms with E-state index in [1.54, 1.807) is 37.3 Å². The van der Waals surface area contributed by atoms with Crippen LogP contribution < -0.4 is 10.6 Å². The van der Waals surface area contributed by atoms with Crippen LogP contribution in [0.15, 0.2) is 54.6 Å². The number of hydrogen-bond donors (Lipinski definition) is 3. The van der Waals surface area contributed by atoms with Gasteiger partial charge in [0.25, 0.3) is 5.91 Å². The lowest BCUT2D eigenvalue weighted by atomic mass is 9.78. The Morgan fingerprint density at radius 2 is 1.74 bits per heavy atom. The van der Waals surface area contributed by atoms with Gasteiger partial charge >= 0.3 is 5.97 Å². The maximum atomic E-state index is 13.1. The molecule has 27 heavy (non-hydrogen) atoms. The highest BCUT2D eigenvalue weighted by molar-refractivity contribution is 5.96. The number of carboxylic acids is 1. The van der Waals surface area contributed by atoms with Crippen LogP contribution in [-0.2, 0) is 15.0 Å². The zero-order valence-corrected chi connectivity index (χ0v) is 14.9. The highest BCUT2D eigenvalue weighted by Crippen LogP contribution is 2.27. The third kappa shape index (κ3) is 4.91. The number of halogens is 1. The van der Waals surface area contributed by atoms with Crippen LogP contribution in [0.3, 0.4) is 0 Å². The van der Waals surface area contributed by atoms with Crippen LogP contribution >= 0.6 is 0 Å². The van der Waals surface area contributed by atoms with Crippen molar-refractivity contribution in [2.45, 2.75) is 18.8 Å². The summed E-state index contributed by atoms with van der Waals surface area (Å²) >= 11 is 0. The summed E-state index contributed by atoms with van der Waals surface area (Å²) in [5.41, 5.74) is -0.576. The number of carbonyl (C=O) groups is 3. The molecule has 2 rings (SSSR count). The van der Waals surface area contributed by atoms with Crippen molar-refractivity contribution in [3.63, 3.8) is 0 Å². The van der Waals surface area contributed by atoms with Crippen LogP contribution in [-0.4, -0.2) is 36.0 Å². The quantitative estimate of drug-likeness (QED) is 0.661. The molecule has 0 fully saturated rings. The van der Waals surface area contributed by atoms with Crippen LogP contribution in [0, 0.1) is 5.82 Å². The van der Waals surface area contributed by atoms with Crippen LogP contribution in [0.4, 0.5) is 4.39 Å². The molecule has 0 aromatic heterocycles. The highest BCUT2D eigenvalue weighted by Gasteiger charge is 2.38. The molecule has 0 aliphatic heterocycles. The fraction of sp³-hybridized carbons (Fsp3) is 0.250. The van der Waals surface area contributed by atoms with Crippen molar-refractivity contribution in [2.75, 3.05) is 13.1 Å². The van der Waals surface area contributed by atoms with Crippen LogP contribution in [0.2, 0.25) is 0 Å². The highest BCUT2D eigenvalue weighted by atomic mass is 19.1. The standard InChI is InChI=1S/C20H21FN2O4/c1-2-20(19(26)27,15-8-4-3-5-9-15)13-23-17(24)12-22-18(25)14-7-6-10-16(21)11-14/h3-11H,2,12-13H2,1H3,(H,22,25)(H,23,24)(H,26,27). The zero-order chi connectivity index (χ0) is 19.9. The molecule has 2 aromatic carbocycles. The molecular formula is C20H21FN2O4. The molecule has 142 valence electrons. The van der Waals surface area contributed by atoms with E-state index in [1.165, 1.54) is 18.2 Å². The topological polar surface area (TPSA) is 95.5 Å². The molecule has 0 saturated heterocycles. The average molecular weight is 372 g/mol. The molecule has 7 heteroatoms. The number of carbonyl (C=O) groups excluding carboxylic acids is 2. The Morgan fingerprint density at radius 1 is 1.04 bits per heavy atom. The molecule has 0 heterocycles. The Hall–Kier alpha value is -3.22. The van der Waals surface area contributed by atoms with E-state index in [0.717, 1.165) is 6.07 Å². The molecule has 0 aliphatic carbocycles. The first-order valence-electron chi connectivity index (χ1n) is 8.48. The largest absolute Gasteiger partial charge is 0.481 e. The lowest BCUT2D eigenvalue weighted by Crippen LogP contribution is -2.48. The number of carboxylic acid groups (broad SMARTS) is 1. The second-order valence-electron chi connectivity index (χ2n) is 6.08. The molecule has 6 nitrogen and oxygen atoms in total. The minimum absolute atomic E-state index is 0.0977. The van der Waals surface area contributed by atoms with Gasteiger partial charge in [-0.15, -0.1) is 0 Å². The Balaban J connectivity index is 1.98. The maximum Gasteiger partial charge on any atom is 0.315 e. The third-order valence-corrected chi connectivity index (χ3v) is 4.42. The normalized spacial score (nSPS) is 12.7. The Morgan fingerprint density at radius 3 is 2.33 bits per heavy atom. The van der Waals surface area contributed by atoms with Crippen LogP contribution in [0.1, 0.15) is 29.3 Å². The summed E-state index contributed by atoms with van der Waals surface area (Å²) in [5, 5.41) is 14.7. The fourth-order valence-electron chi connectivity index (χ4n) is 2.74. The van der Waals surface area contributed by atoms with Gasteiger partial charge in [0.1, 0.15) is 11.2 Å². The van der Waals surface area contributed by atoms with Crippen molar-refractivity contribution >= 4 is 17.8 Å². The van der Waals surface area contributed by atoms with Gasteiger partial charge in [-0.3, -0.25) is 14.4 Å². The summed E-state index contributed by atoms with van der Waals surface area (Å²) in [6.45, 7) is 1.28. The van der Waals surface area contributed by atoms with Gasteiger partial charge in [-0.25, -0.2) is 4.39 Å². The molecule has 1 atom stereocenters. The number of benzene rings is 2. The van der Waals surface area contributed by atoms with E-state index < -0.39 is 29.0 Å². The summed E-state index contributed by atoms with van der Waals surface area (Å²) in [6, 6.07) is 13.8. The lowest BCUT2D eigenvalue weighted by molar-refractivity contribution is -0.144. The molecule has 0 spiro atoms. The van der Waals surface area contributed by atoms with E-state index in [4.69, 9.17) is 0 Å². The SMILES string of the molecule is CCC(CNC(=O)CNC(=O)c1cccc(F)c1)(C(=O)O)c1ccccc1. The van der Waals surface area contributed by atoms with E-state index in [9.17, 15) is 23.9 Å². The minimum Gasteiger partial charge on any atom is -0.481 e. The van der Waals surface area contributed by atoms with Crippen molar-refractivity contribution < 1.29 is 23.9 Å². The van der Waals surface area contributed by atoms with Gasteiger partial charge in [-0.1, -0.05) is 43.3 Å². The molecular weight excluding hydrogens is 351 g/mol. The summed E-state index contributed by atoms with van der Waals surface area (Å²) in [6.07, 6.45) is 0.280. The lowest BCUT2D eigenvalue weighted by Gasteiger charge is -2.29. The van der Waals surface area contributed by atoms with E-state index in [2.05, 4.69) is 10.6 Å². The van der Waals surface area contributed by atoms with Crippen molar-refractivity contribution in [1.82, 2.24) is 10.6 Å². The van der Waals surface area contributed by atoms with Gasteiger partial charge < -0.3 is 15.7 Å². The van der Waals surface area contributed by atoms with Crippen LogP contribution in [0.5, 0.6) is 0 Å². The van der Waals surface area contributed by atoms with Crippen molar-refractivity contribution in [3.8, 4) is 0 Å². The molecule has 2 aromatic rings. The predicted octanol–water partition coefficient (Wildman–Crippen LogP) is 2.10. The summed E-state index contributed by atoms with van der Waals surface area (Å²) in [4.78, 5) is 35.9. The van der Waals surface area contributed by atoms with Gasteiger partial charge in [0.15, 0.2) is 0 Å². The second kappa shape index (κ2) is 8.93. The first kappa shape index (κ1) is 20.1. The van der Waals surface area contributed by atoms with Crippen molar-refractivity contribution in [3.05, 3.63) is 71.5 Å². The number of amides is 2. The van der Waals surface area contributed by atoms with E-state index >= 15 is 0 Å². The first-order chi connectivity index (χ1) is 12.9. The maximum absolute atomic E-state index is 13.1. The average Bonchev–Trinajstić information content (AvgIpc) is 2.67. The number of hydrogen-bond acceptors (Lipinski definition) is 3. The second-order valence-corrected chi connectivity index (χ2v) is 6.08. The fourth-order valence-corrected chi connectivity index (χ4v) is 2.74. The van der Waals surface area contributed by atoms with Crippen molar-refractivity contribution in [1.29, 1.82) is 0 Å². The Bertz CT molecular complexity index is 826. The van der Waals surface area contributed by atoms with Gasteiger partial charge in [-0.2, -0.15) is 0 Å². The molecule has 3 N–H and O–H groups in total. The molecule has 0 radical (unpaired) electrons. The van der Waals surface area contributed by atoms with E-state index in [0.29, 0.717) is 5.56 Å². The number of nitrogens with one attached hydrogen (secondary N) is 2. The molecule has 0 bridgehead atoms. The molecule has 2 amide bonds. The first-order valence-corrected chi connectivity index (χ1v) is 8.48. The monoisotopic (exact) mass is 372 g/mol. The molecule has 0 aliphatic rings. The Kier molecular flexibility index (Phi) is 6.65. The predicted molar refractivity (Wildman–Crippen MR) is 97.8 cm³/mol. The molecule has 1 unspecified atom stereocenters. The number of rotatable bonds is 8. The molecule has 0 saturated carbocycles. The Labute approximate surface area is 156 Å². The van der Waals surface area contributed by atoms with Gasteiger partial charge in [0.2, 0.25) is 5.91 Å². The van der Waals surface area contributed by atoms with Gasteiger partial charge in [0.05, 0.1) is 6.54 Å². The zero-order valence-electron chi connectivity index (χ0n) is 14.9. The number of aliphatic carboxylic acids is 1. The summed E-state index contributed by atoms with van der Waals surface area (Å²) < 4.78 is 13.1. The van der Waals surface area contributed by atoms with E-state index in [-0.39, 0.29) is 25.1 Å². The van der Waals surface area contributed by atoms with Gasteiger partial charge in [-0.05, 0) is 30.2 Å². The smallest absolute Gasteiger partial charge is 0.315 e. The van der Waals surface area contributed by atoms with Crippen LogP contribution in [0.25, 0.3) is 0 Å². The third-order valence-electron chi connectivity index (χ3n) is 4.42. The van der Waals surface area contributed by atoms with E-state index in [1.807, 2.05) is 0 Å². The summed E-state index contributed by atoms with van der Waals surface area (Å²) in [5.74, 6) is -2.72. The minimum atomic E-state index is -1.26. The van der Waals surface area contributed by atoms with Gasteiger partial charge in [0, 0.05) is 12.1 Å². The van der Waals surface area contributed by atoms with Crippen molar-refractivity contribution in [2.24, 2.45) is 0 Å². The summed E-state index contributed by atoms with van der Waals surface area (Å²) in [7, 11) is 0.